The van der Waals surface area contributed by atoms with Gasteiger partial charge in [0.05, 0.1) is 5.57 Å². The van der Waals surface area contributed by atoms with Gasteiger partial charge in [0.2, 0.25) is 0 Å². The van der Waals surface area contributed by atoms with Crippen LogP contribution in [0.25, 0.3) is 5.57 Å². The molecule has 1 aliphatic heterocycles. The molecule has 0 aliphatic carbocycles. The van der Waals surface area contributed by atoms with Crippen LogP contribution in [-0.4, -0.2) is 17.4 Å². The monoisotopic (exact) mass is 356 g/mol. The molecule has 0 fully saturated rings. The molecule has 0 aromatic heterocycles. The largest absolute Gasteiger partial charge is 0.373 e. The molecule has 0 atom stereocenters. The smallest absolute Gasteiger partial charge is 0.257 e. The Balaban J connectivity index is 1.90. The van der Waals surface area contributed by atoms with Crippen molar-refractivity contribution in [3.8, 4) is 0 Å². The van der Waals surface area contributed by atoms with E-state index in [1.54, 1.807) is 0 Å². The van der Waals surface area contributed by atoms with Crippen molar-refractivity contribution in [2.75, 3.05) is 11.9 Å². The predicted molar refractivity (Wildman–Crippen MR) is 93.3 cm³/mol. The maximum atomic E-state index is 12.2. The van der Waals surface area contributed by atoms with Gasteiger partial charge in [-0.2, -0.15) is 0 Å². The van der Waals surface area contributed by atoms with Crippen LogP contribution < -0.4 is 5.32 Å². The Morgan fingerprint density at radius 2 is 1.95 bits per heavy atom. The molecule has 22 heavy (non-hydrogen) atoms. The Kier molecular flexibility index (Phi) is 4.29. The number of hydrogen-bond donors (Lipinski definition) is 1. The fourth-order valence-electron chi connectivity index (χ4n) is 2.54. The molecule has 3 rings (SSSR count). The number of hydrogen-bond acceptors (Lipinski definition) is 2. The number of fused-ring (bicyclic) bond motifs is 1. The topological polar surface area (TPSA) is 32.3 Å². The van der Waals surface area contributed by atoms with E-state index >= 15 is 0 Å². The molecular weight excluding hydrogens is 340 g/mol. The number of rotatable bonds is 4. The molecule has 0 saturated carbocycles. The Morgan fingerprint density at radius 3 is 2.68 bits per heavy atom. The average molecular weight is 357 g/mol. The minimum atomic E-state index is -0.0420. The average Bonchev–Trinajstić information content (AvgIpc) is 2.83. The van der Waals surface area contributed by atoms with Gasteiger partial charge in [-0.05, 0) is 30.7 Å². The van der Waals surface area contributed by atoms with E-state index in [9.17, 15) is 4.79 Å². The molecule has 4 heteroatoms. The number of benzene rings is 2. The van der Waals surface area contributed by atoms with Gasteiger partial charge in [-0.1, -0.05) is 46.3 Å². The number of nitrogens with one attached hydrogen (secondary N) is 1. The number of carbonyl (C=O) groups excluding carboxylic acids is 1. The minimum Gasteiger partial charge on any atom is -0.373 e. The molecule has 0 bridgehead atoms. The number of anilines is 1. The zero-order valence-electron chi connectivity index (χ0n) is 12.3. The SMILES string of the molecule is CCN(/C=C1/C(=O)Nc2ccc(Br)cc21)Cc1ccccc1. The Hall–Kier alpha value is -2.07. The third-order valence-electron chi connectivity index (χ3n) is 3.71. The van der Waals surface area contributed by atoms with Crippen LogP contribution >= 0.6 is 15.9 Å². The van der Waals surface area contributed by atoms with Crippen molar-refractivity contribution >= 4 is 33.1 Å². The summed E-state index contributed by atoms with van der Waals surface area (Å²) in [6, 6.07) is 16.1. The summed E-state index contributed by atoms with van der Waals surface area (Å²) in [5.74, 6) is -0.0420. The van der Waals surface area contributed by atoms with E-state index in [0.29, 0.717) is 5.57 Å². The van der Waals surface area contributed by atoms with E-state index in [4.69, 9.17) is 0 Å². The van der Waals surface area contributed by atoms with Gasteiger partial charge in [-0.3, -0.25) is 4.79 Å². The molecule has 3 nitrogen and oxygen atoms in total. The first-order valence-corrected chi connectivity index (χ1v) is 8.07. The summed E-state index contributed by atoms with van der Waals surface area (Å²) in [5, 5.41) is 2.91. The quantitative estimate of drug-likeness (QED) is 0.829. The normalized spacial score (nSPS) is 14.8. The minimum absolute atomic E-state index is 0.0420. The number of halogens is 1. The molecule has 0 saturated heterocycles. The van der Waals surface area contributed by atoms with Crippen LogP contribution in [0.15, 0.2) is 59.2 Å². The van der Waals surface area contributed by atoms with Crippen molar-refractivity contribution in [3.63, 3.8) is 0 Å². The molecular formula is C18H17BrN2O. The highest BCUT2D eigenvalue weighted by molar-refractivity contribution is 9.10. The molecule has 1 N–H and O–H groups in total. The Bertz CT molecular complexity index is 725. The van der Waals surface area contributed by atoms with Gasteiger partial charge >= 0.3 is 0 Å². The van der Waals surface area contributed by atoms with Crippen LogP contribution in [0.5, 0.6) is 0 Å². The summed E-state index contributed by atoms with van der Waals surface area (Å²) >= 11 is 3.47. The van der Waals surface area contributed by atoms with E-state index in [1.165, 1.54) is 5.56 Å². The lowest BCUT2D eigenvalue weighted by molar-refractivity contribution is -0.110. The van der Waals surface area contributed by atoms with Crippen molar-refractivity contribution in [1.82, 2.24) is 4.90 Å². The molecule has 1 heterocycles. The lowest BCUT2D eigenvalue weighted by Gasteiger charge is -2.19. The van der Waals surface area contributed by atoms with Crippen LogP contribution in [0.4, 0.5) is 5.69 Å². The third kappa shape index (κ3) is 3.07. The first kappa shape index (κ1) is 14.9. The van der Waals surface area contributed by atoms with Gasteiger partial charge in [-0.15, -0.1) is 0 Å². The molecule has 2 aromatic carbocycles. The number of amides is 1. The van der Waals surface area contributed by atoms with Crippen LogP contribution in [0, 0.1) is 0 Å². The molecule has 0 spiro atoms. The van der Waals surface area contributed by atoms with E-state index < -0.39 is 0 Å². The van der Waals surface area contributed by atoms with Gasteiger partial charge in [0.1, 0.15) is 0 Å². The first-order chi connectivity index (χ1) is 10.7. The molecule has 1 aliphatic rings. The van der Waals surface area contributed by atoms with Crippen LogP contribution in [0.1, 0.15) is 18.1 Å². The van der Waals surface area contributed by atoms with Gasteiger partial charge < -0.3 is 10.2 Å². The van der Waals surface area contributed by atoms with Crippen LogP contribution in [0.3, 0.4) is 0 Å². The summed E-state index contributed by atoms with van der Waals surface area (Å²) in [7, 11) is 0. The van der Waals surface area contributed by atoms with Crippen molar-refractivity contribution in [3.05, 3.63) is 70.3 Å². The highest BCUT2D eigenvalue weighted by Crippen LogP contribution is 2.34. The fraction of sp³-hybridized carbons (Fsp3) is 0.167. The van der Waals surface area contributed by atoms with Gasteiger partial charge in [-0.25, -0.2) is 0 Å². The van der Waals surface area contributed by atoms with E-state index in [0.717, 1.165) is 28.8 Å². The summed E-state index contributed by atoms with van der Waals surface area (Å²) in [4.78, 5) is 14.4. The second kappa shape index (κ2) is 6.36. The van der Waals surface area contributed by atoms with E-state index in [-0.39, 0.29) is 5.91 Å². The highest BCUT2D eigenvalue weighted by atomic mass is 79.9. The van der Waals surface area contributed by atoms with Crippen LogP contribution in [0.2, 0.25) is 0 Å². The molecule has 0 radical (unpaired) electrons. The summed E-state index contributed by atoms with van der Waals surface area (Å²) in [6.07, 6.45) is 1.96. The molecule has 0 unspecified atom stereocenters. The number of nitrogens with zero attached hydrogens (tertiary/aromatic N) is 1. The van der Waals surface area contributed by atoms with Gasteiger partial charge in [0.15, 0.2) is 0 Å². The van der Waals surface area contributed by atoms with Crippen molar-refractivity contribution in [2.24, 2.45) is 0 Å². The Labute approximate surface area is 138 Å². The van der Waals surface area contributed by atoms with Crippen molar-refractivity contribution in [1.29, 1.82) is 0 Å². The second-order valence-electron chi connectivity index (χ2n) is 5.24. The maximum Gasteiger partial charge on any atom is 0.257 e. The van der Waals surface area contributed by atoms with Gasteiger partial charge in [0.25, 0.3) is 5.91 Å². The van der Waals surface area contributed by atoms with Crippen molar-refractivity contribution < 1.29 is 4.79 Å². The molecule has 112 valence electrons. The second-order valence-corrected chi connectivity index (χ2v) is 6.15. The summed E-state index contributed by atoms with van der Waals surface area (Å²) < 4.78 is 0.972. The highest BCUT2D eigenvalue weighted by Gasteiger charge is 2.24. The predicted octanol–water partition coefficient (Wildman–Crippen LogP) is 4.26. The third-order valence-corrected chi connectivity index (χ3v) is 4.20. The summed E-state index contributed by atoms with van der Waals surface area (Å²) in [5.41, 5.74) is 3.77. The van der Waals surface area contributed by atoms with Crippen LogP contribution in [-0.2, 0) is 11.3 Å². The van der Waals surface area contributed by atoms with Gasteiger partial charge in [0, 0.05) is 35.0 Å². The molecule has 1 amide bonds. The summed E-state index contributed by atoms with van der Waals surface area (Å²) in [6.45, 7) is 3.72. The first-order valence-electron chi connectivity index (χ1n) is 7.28. The van der Waals surface area contributed by atoms with Crippen molar-refractivity contribution in [2.45, 2.75) is 13.5 Å². The lowest BCUT2D eigenvalue weighted by Crippen LogP contribution is -2.18. The molecule has 2 aromatic rings. The number of carbonyl (C=O) groups is 1. The zero-order chi connectivity index (χ0) is 15.5. The fourth-order valence-corrected chi connectivity index (χ4v) is 2.90. The standard InChI is InChI=1S/C18H17BrN2O/c1-2-21(11-13-6-4-3-5-7-13)12-16-15-10-14(19)8-9-17(15)20-18(16)22/h3-10,12H,2,11H2,1H3,(H,20,22)/b16-12+. The van der Waals surface area contributed by atoms with E-state index in [2.05, 4.69) is 45.2 Å². The zero-order valence-corrected chi connectivity index (χ0v) is 13.9. The maximum absolute atomic E-state index is 12.2. The lowest BCUT2D eigenvalue weighted by atomic mass is 10.1. The Morgan fingerprint density at radius 1 is 1.18 bits per heavy atom. The van der Waals surface area contributed by atoms with E-state index in [1.807, 2.05) is 42.6 Å².